The third-order valence-corrected chi connectivity index (χ3v) is 7.56. The molecule has 5 fully saturated rings. The average molecular weight is 421 g/mol. The third kappa shape index (κ3) is 2.72. The highest BCUT2D eigenvalue weighted by atomic mass is 79.9. The minimum Gasteiger partial charge on any atom is -0.444 e. The molecule has 4 saturated carbocycles. The van der Waals surface area contributed by atoms with Crippen LogP contribution in [0.3, 0.4) is 0 Å². The van der Waals surface area contributed by atoms with E-state index in [1.165, 1.54) is 19.3 Å². The van der Waals surface area contributed by atoms with Gasteiger partial charge in [-0.3, -0.25) is 9.59 Å². The molecule has 1 aromatic rings. The van der Waals surface area contributed by atoms with Gasteiger partial charge in [-0.25, -0.2) is 0 Å². The molecule has 6 heteroatoms. The van der Waals surface area contributed by atoms with Crippen LogP contribution in [-0.4, -0.2) is 47.8 Å². The molecule has 1 aromatic heterocycles. The Bertz CT molecular complexity index is 700. The highest BCUT2D eigenvalue weighted by molar-refractivity contribution is 9.10. The van der Waals surface area contributed by atoms with Crippen LogP contribution in [0.4, 0.5) is 0 Å². The van der Waals surface area contributed by atoms with Crippen molar-refractivity contribution in [1.82, 2.24) is 9.80 Å². The zero-order valence-corrected chi connectivity index (χ0v) is 16.5. The van der Waals surface area contributed by atoms with Gasteiger partial charge >= 0.3 is 0 Å². The fraction of sp³-hybridized carbons (Fsp3) is 0.700. The summed E-state index contributed by atoms with van der Waals surface area (Å²) in [5.41, 5.74) is -0.0766. The molecule has 0 spiro atoms. The van der Waals surface area contributed by atoms with Crippen molar-refractivity contribution in [3.8, 4) is 0 Å². The van der Waals surface area contributed by atoms with Gasteiger partial charge in [0.2, 0.25) is 5.91 Å². The van der Waals surface area contributed by atoms with E-state index in [0.29, 0.717) is 42.5 Å². The van der Waals surface area contributed by atoms with Crippen LogP contribution in [0.2, 0.25) is 0 Å². The van der Waals surface area contributed by atoms with E-state index in [4.69, 9.17) is 4.42 Å². The number of carbonyl (C=O) groups excluding carboxylic acids is 2. The molecule has 4 aliphatic carbocycles. The Hall–Kier alpha value is -1.30. The maximum atomic E-state index is 13.4. The first kappa shape index (κ1) is 16.8. The van der Waals surface area contributed by atoms with Crippen molar-refractivity contribution in [3.05, 3.63) is 22.6 Å². The summed E-state index contributed by atoms with van der Waals surface area (Å²) < 4.78 is 5.95. The number of hydrogen-bond acceptors (Lipinski definition) is 3. The zero-order chi connectivity index (χ0) is 17.9. The van der Waals surface area contributed by atoms with E-state index in [9.17, 15) is 9.59 Å². The number of rotatable bonds is 2. The molecule has 1 saturated heterocycles. The maximum absolute atomic E-state index is 13.4. The van der Waals surface area contributed by atoms with Gasteiger partial charge in [0.05, 0.1) is 5.41 Å². The number of halogens is 1. The van der Waals surface area contributed by atoms with Gasteiger partial charge < -0.3 is 14.2 Å². The summed E-state index contributed by atoms with van der Waals surface area (Å²) in [7, 11) is 0. The van der Waals surface area contributed by atoms with Gasteiger partial charge in [-0.15, -0.1) is 0 Å². The summed E-state index contributed by atoms with van der Waals surface area (Å²) in [6, 6.07) is 3.43. The lowest BCUT2D eigenvalue weighted by molar-refractivity contribution is -0.159. The molecule has 4 bridgehead atoms. The van der Waals surface area contributed by atoms with E-state index in [1.807, 2.05) is 4.90 Å². The number of piperazine rings is 1. The molecule has 0 radical (unpaired) electrons. The number of nitrogens with zero attached hydrogens (tertiary/aromatic N) is 2. The molecule has 6 rings (SSSR count). The molecular formula is C20H25BrN2O3. The van der Waals surface area contributed by atoms with E-state index in [0.717, 1.165) is 37.0 Å². The summed E-state index contributed by atoms with van der Waals surface area (Å²) in [5, 5.41) is 0. The Balaban J connectivity index is 1.24. The second-order valence-electron chi connectivity index (χ2n) is 8.89. The van der Waals surface area contributed by atoms with Crippen LogP contribution < -0.4 is 0 Å². The predicted octanol–water partition coefficient (Wildman–Crippen LogP) is 3.54. The monoisotopic (exact) mass is 420 g/mol. The number of amides is 2. The SMILES string of the molecule is O=C(c1ccc(Br)o1)N1CCN(C(=O)C23CC4CC(CC(C4)C2)C3)CC1. The fourth-order valence-electron chi connectivity index (χ4n) is 6.41. The average Bonchev–Trinajstić information content (AvgIpc) is 3.06. The van der Waals surface area contributed by atoms with Gasteiger partial charge in [0.25, 0.3) is 5.91 Å². The van der Waals surface area contributed by atoms with Gasteiger partial charge in [-0.05, 0) is 84.3 Å². The van der Waals surface area contributed by atoms with Gasteiger partial charge in [0.15, 0.2) is 10.4 Å². The standard InChI is InChI=1S/C20H25BrN2O3/c21-17-2-1-16(26-17)18(24)22-3-5-23(6-4-22)19(25)20-10-13-7-14(11-20)9-15(8-13)12-20/h1-2,13-15H,3-12H2. The van der Waals surface area contributed by atoms with Crippen LogP contribution in [0, 0.1) is 23.2 Å². The number of furan rings is 1. The first-order chi connectivity index (χ1) is 12.5. The Morgan fingerprint density at radius 3 is 1.96 bits per heavy atom. The van der Waals surface area contributed by atoms with Crippen molar-refractivity contribution in [2.45, 2.75) is 38.5 Å². The van der Waals surface area contributed by atoms with Crippen LogP contribution in [0.25, 0.3) is 0 Å². The minimum atomic E-state index is -0.0856. The highest BCUT2D eigenvalue weighted by Crippen LogP contribution is 2.60. The Kier molecular flexibility index (Phi) is 3.96. The number of carbonyl (C=O) groups is 2. The van der Waals surface area contributed by atoms with Crippen LogP contribution in [-0.2, 0) is 4.79 Å². The molecule has 5 nitrogen and oxygen atoms in total. The molecule has 1 aliphatic heterocycles. The van der Waals surface area contributed by atoms with Crippen molar-refractivity contribution >= 4 is 27.7 Å². The first-order valence-electron chi connectivity index (χ1n) is 9.86. The lowest BCUT2D eigenvalue weighted by Gasteiger charge is -2.57. The van der Waals surface area contributed by atoms with Crippen LogP contribution >= 0.6 is 15.9 Å². The molecule has 2 amide bonds. The van der Waals surface area contributed by atoms with Crippen LogP contribution in [0.5, 0.6) is 0 Å². The van der Waals surface area contributed by atoms with Crippen molar-refractivity contribution in [2.75, 3.05) is 26.2 Å². The maximum Gasteiger partial charge on any atom is 0.289 e. The van der Waals surface area contributed by atoms with Crippen LogP contribution in [0.1, 0.15) is 49.1 Å². The molecule has 26 heavy (non-hydrogen) atoms. The smallest absolute Gasteiger partial charge is 0.289 e. The second kappa shape index (κ2) is 6.11. The van der Waals surface area contributed by atoms with Crippen molar-refractivity contribution in [1.29, 1.82) is 0 Å². The molecule has 0 unspecified atom stereocenters. The second-order valence-corrected chi connectivity index (χ2v) is 9.67. The van der Waals surface area contributed by atoms with Crippen molar-refractivity contribution in [2.24, 2.45) is 23.2 Å². The molecule has 5 aliphatic rings. The van der Waals surface area contributed by atoms with E-state index in [-0.39, 0.29) is 11.3 Å². The molecule has 140 valence electrons. The lowest BCUT2D eigenvalue weighted by atomic mass is 9.49. The normalized spacial score (nSPS) is 35.8. The lowest BCUT2D eigenvalue weighted by Crippen LogP contribution is -2.58. The number of hydrogen-bond donors (Lipinski definition) is 0. The van der Waals surface area contributed by atoms with Gasteiger partial charge in [-0.2, -0.15) is 0 Å². The topological polar surface area (TPSA) is 53.8 Å². The van der Waals surface area contributed by atoms with Gasteiger partial charge in [0.1, 0.15) is 0 Å². The fourth-order valence-corrected chi connectivity index (χ4v) is 6.71. The molecule has 0 atom stereocenters. The summed E-state index contributed by atoms with van der Waals surface area (Å²) in [4.78, 5) is 29.8. The summed E-state index contributed by atoms with van der Waals surface area (Å²) in [6.07, 6.45) is 7.39. The third-order valence-electron chi connectivity index (χ3n) is 7.13. The van der Waals surface area contributed by atoms with Gasteiger partial charge in [0, 0.05) is 26.2 Å². The largest absolute Gasteiger partial charge is 0.444 e. The van der Waals surface area contributed by atoms with Gasteiger partial charge in [-0.1, -0.05) is 0 Å². The van der Waals surface area contributed by atoms with E-state index in [1.54, 1.807) is 17.0 Å². The highest BCUT2D eigenvalue weighted by Gasteiger charge is 2.55. The minimum absolute atomic E-state index is 0.0766. The summed E-state index contributed by atoms with van der Waals surface area (Å²) in [6.45, 7) is 2.48. The van der Waals surface area contributed by atoms with Crippen molar-refractivity contribution < 1.29 is 14.0 Å². The quantitative estimate of drug-likeness (QED) is 0.734. The molecule has 2 heterocycles. The zero-order valence-electron chi connectivity index (χ0n) is 15.0. The Morgan fingerprint density at radius 1 is 0.923 bits per heavy atom. The van der Waals surface area contributed by atoms with E-state index in [2.05, 4.69) is 15.9 Å². The van der Waals surface area contributed by atoms with E-state index < -0.39 is 0 Å². The Morgan fingerprint density at radius 2 is 1.46 bits per heavy atom. The molecule has 0 aromatic carbocycles. The van der Waals surface area contributed by atoms with Crippen LogP contribution in [0.15, 0.2) is 21.2 Å². The Labute approximate surface area is 162 Å². The summed E-state index contributed by atoms with van der Waals surface area (Å²) >= 11 is 3.24. The molecule has 0 N–H and O–H groups in total. The van der Waals surface area contributed by atoms with Crippen molar-refractivity contribution in [3.63, 3.8) is 0 Å². The first-order valence-corrected chi connectivity index (χ1v) is 10.7. The predicted molar refractivity (Wildman–Crippen MR) is 99.5 cm³/mol. The van der Waals surface area contributed by atoms with E-state index >= 15 is 0 Å². The molecular weight excluding hydrogens is 396 g/mol. The summed E-state index contributed by atoms with van der Waals surface area (Å²) in [5.74, 6) is 3.00.